The number of alkyl halides is 3. The van der Waals surface area contributed by atoms with Crippen molar-refractivity contribution in [2.45, 2.75) is 18.6 Å². The van der Waals surface area contributed by atoms with E-state index in [4.69, 9.17) is 11.6 Å². The number of anilines is 2. The second kappa shape index (κ2) is 7.48. The summed E-state index contributed by atoms with van der Waals surface area (Å²) in [6.45, 7) is 0.293. The van der Waals surface area contributed by atoms with Crippen LogP contribution >= 0.6 is 11.6 Å². The first-order valence-electron chi connectivity index (χ1n) is 8.03. The molecule has 0 saturated carbocycles. The van der Waals surface area contributed by atoms with Gasteiger partial charge in [-0.25, -0.2) is 4.79 Å². The molecule has 0 aromatic heterocycles. The third-order valence-electron chi connectivity index (χ3n) is 4.07. The van der Waals surface area contributed by atoms with Gasteiger partial charge in [-0.1, -0.05) is 11.6 Å². The van der Waals surface area contributed by atoms with Gasteiger partial charge in [0.15, 0.2) is 0 Å². The van der Waals surface area contributed by atoms with Crippen molar-refractivity contribution in [2.75, 3.05) is 16.8 Å². The normalized spacial score (nSPS) is 17.1. The van der Waals surface area contributed by atoms with Crippen LogP contribution in [0.4, 0.5) is 29.3 Å². The highest BCUT2D eigenvalue weighted by Gasteiger charge is 2.32. The lowest BCUT2D eigenvalue weighted by molar-refractivity contribution is -0.137. The molecular formula is C18H15ClF3N3O2. The Labute approximate surface area is 158 Å². The van der Waals surface area contributed by atoms with Crippen molar-refractivity contribution in [2.24, 2.45) is 0 Å². The van der Waals surface area contributed by atoms with Gasteiger partial charge in [0, 0.05) is 29.4 Å². The molecule has 3 rings (SSSR count). The van der Waals surface area contributed by atoms with Crippen LogP contribution in [0.1, 0.15) is 12.0 Å². The summed E-state index contributed by atoms with van der Waals surface area (Å²) in [5.41, 5.74) is 0.102. The van der Waals surface area contributed by atoms with Crippen LogP contribution in [0, 0.1) is 0 Å². The Balaban J connectivity index is 1.57. The molecule has 3 amide bonds. The monoisotopic (exact) mass is 397 g/mol. The highest BCUT2D eigenvalue weighted by atomic mass is 35.5. The number of halogens is 4. The quantitative estimate of drug-likeness (QED) is 0.811. The van der Waals surface area contributed by atoms with Gasteiger partial charge in [0.25, 0.3) is 0 Å². The number of benzene rings is 2. The SMILES string of the molecule is O=C(Nc1ccc(C(F)(F)F)cc1)N[C@H]1CC(=O)N(c2ccc(Cl)cc2)C1. The predicted molar refractivity (Wildman–Crippen MR) is 95.8 cm³/mol. The molecule has 0 bridgehead atoms. The minimum Gasteiger partial charge on any atom is -0.333 e. The van der Waals surface area contributed by atoms with Crippen molar-refractivity contribution in [1.29, 1.82) is 0 Å². The summed E-state index contributed by atoms with van der Waals surface area (Å²) in [5.74, 6) is -0.142. The van der Waals surface area contributed by atoms with E-state index in [0.717, 1.165) is 12.1 Å². The van der Waals surface area contributed by atoms with Crippen LogP contribution in [0.25, 0.3) is 0 Å². The molecule has 2 N–H and O–H groups in total. The van der Waals surface area contributed by atoms with Gasteiger partial charge in [-0.3, -0.25) is 4.79 Å². The maximum absolute atomic E-state index is 12.5. The summed E-state index contributed by atoms with van der Waals surface area (Å²) < 4.78 is 37.6. The Kier molecular flexibility index (Phi) is 5.27. The van der Waals surface area contributed by atoms with Crippen molar-refractivity contribution in [1.82, 2.24) is 5.32 Å². The smallest absolute Gasteiger partial charge is 0.333 e. The summed E-state index contributed by atoms with van der Waals surface area (Å²) in [5, 5.41) is 5.66. The maximum atomic E-state index is 12.5. The van der Waals surface area contributed by atoms with Crippen LogP contribution in [0.5, 0.6) is 0 Å². The second-order valence-corrected chi connectivity index (χ2v) is 6.49. The van der Waals surface area contributed by atoms with Gasteiger partial charge in [0.2, 0.25) is 5.91 Å². The standard InChI is InChI=1S/C18H15ClF3N3O2/c19-12-3-7-15(8-4-12)25-10-14(9-16(25)26)24-17(27)23-13-5-1-11(2-6-13)18(20,21)22/h1-8,14H,9-10H2,(H2,23,24,27)/t14-/m0/s1. The molecule has 1 atom stereocenters. The lowest BCUT2D eigenvalue weighted by Crippen LogP contribution is -2.39. The number of nitrogens with zero attached hydrogens (tertiary/aromatic N) is 1. The third-order valence-corrected chi connectivity index (χ3v) is 4.32. The van der Waals surface area contributed by atoms with Crippen molar-refractivity contribution in [3.63, 3.8) is 0 Å². The van der Waals surface area contributed by atoms with E-state index < -0.39 is 23.8 Å². The Morgan fingerprint density at radius 3 is 2.30 bits per heavy atom. The molecule has 0 unspecified atom stereocenters. The Hall–Kier alpha value is -2.74. The van der Waals surface area contributed by atoms with Crippen LogP contribution in [-0.2, 0) is 11.0 Å². The minimum atomic E-state index is -4.43. The minimum absolute atomic E-state index is 0.128. The highest BCUT2D eigenvalue weighted by molar-refractivity contribution is 6.30. The Morgan fingerprint density at radius 2 is 1.70 bits per heavy atom. The maximum Gasteiger partial charge on any atom is 0.416 e. The number of hydrogen-bond donors (Lipinski definition) is 2. The van der Waals surface area contributed by atoms with E-state index in [2.05, 4.69) is 10.6 Å². The fraction of sp³-hybridized carbons (Fsp3) is 0.222. The van der Waals surface area contributed by atoms with Gasteiger partial charge in [-0.05, 0) is 48.5 Å². The molecule has 5 nitrogen and oxygen atoms in total. The molecule has 142 valence electrons. The molecule has 2 aromatic carbocycles. The van der Waals surface area contributed by atoms with Gasteiger partial charge < -0.3 is 15.5 Å². The van der Waals surface area contributed by atoms with Gasteiger partial charge in [-0.15, -0.1) is 0 Å². The summed E-state index contributed by atoms with van der Waals surface area (Å²) in [6.07, 6.45) is -4.31. The van der Waals surface area contributed by atoms with E-state index in [0.29, 0.717) is 17.3 Å². The topological polar surface area (TPSA) is 61.4 Å². The fourth-order valence-electron chi connectivity index (χ4n) is 2.77. The summed E-state index contributed by atoms with van der Waals surface area (Å²) in [6, 6.07) is 9.87. The van der Waals surface area contributed by atoms with Crippen LogP contribution in [0.2, 0.25) is 5.02 Å². The molecule has 0 aliphatic carbocycles. The number of nitrogens with one attached hydrogen (secondary N) is 2. The molecule has 9 heteroatoms. The average Bonchev–Trinajstić information content (AvgIpc) is 2.95. The highest BCUT2D eigenvalue weighted by Crippen LogP contribution is 2.30. The largest absolute Gasteiger partial charge is 0.416 e. The molecule has 1 heterocycles. The third kappa shape index (κ3) is 4.71. The van der Waals surface area contributed by atoms with E-state index in [9.17, 15) is 22.8 Å². The van der Waals surface area contributed by atoms with Crippen molar-refractivity contribution in [3.8, 4) is 0 Å². The fourth-order valence-corrected chi connectivity index (χ4v) is 2.90. The zero-order valence-electron chi connectivity index (χ0n) is 13.9. The Morgan fingerprint density at radius 1 is 1.07 bits per heavy atom. The van der Waals surface area contributed by atoms with Gasteiger partial charge in [0.05, 0.1) is 11.6 Å². The number of hydrogen-bond acceptors (Lipinski definition) is 2. The average molecular weight is 398 g/mol. The number of rotatable bonds is 3. The molecule has 1 aliphatic rings. The van der Waals surface area contributed by atoms with Crippen LogP contribution in [0.3, 0.4) is 0 Å². The molecule has 2 aromatic rings. The number of urea groups is 1. The molecule has 1 fully saturated rings. The molecule has 1 saturated heterocycles. The van der Waals surface area contributed by atoms with Crippen molar-refractivity contribution >= 4 is 34.9 Å². The molecule has 0 radical (unpaired) electrons. The first-order valence-corrected chi connectivity index (χ1v) is 8.41. The predicted octanol–water partition coefficient (Wildman–Crippen LogP) is 4.29. The van der Waals surface area contributed by atoms with Crippen molar-refractivity contribution < 1.29 is 22.8 Å². The van der Waals surface area contributed by atoms with Gasteiger partial charge in [0.1, 0.15) is 0 Å². The van der Waals surface area contributed by atoms with E-state index in [1.807, 2.05) is 0 Å². The Bertz CT molecular complexity index is 838. The zero-order valence-corrected chi connectivity index (χ0v) is 14.6. The first-order chi connectivity index (χ1) is 12.7. The number of carbonyl (C=O) groups is 2. The molecule has 0 spiro atoms. The lowest BCUT2D eigenvalue weighted by atomic mass is 10.2. The van der Waals surface area contributed by atoms with Gasteiger partial charge in [-0.2, -0.15) is 13.2 Å². The van der Waals surface area contributed by atoms with E-state index in [1.54, 1.807) is 29.2 Å². The van der Waals surface area contributed by atoms with E-state index >= 15 is 0 Å². The lowest BCUT2D eigenvalue weighted by Gasteiger charge is -2.17. The van der Waals surface area contributed by atoms with Crippen LogP contribution in [-0.4, -0.2) is 24.5 Å². The number of amides is 3. The molecule has 27 heavy (non-hydrogen) atoms. The number of carbonyl (C=O) groups excluding carboxylic acids is 2. The second-order valence-electron chi connectivity index (χ2n) is 6.06. The van der Waals surface area contributed by atoms with Gasteiger partial charge >= 0.3 is 12.2 Å². The van der Waals surface area contributed by atoms with E-state index in [-0.39, 0.29) is 18.0 Å². The van der Waals surface area contributed by atoms with Crippen LogP contribution in [0.15, 0.2) is 48.5 Å². The molecular weight excluding hydrogens is 383 g/mol. The zero-order chi connectivity index (χ0) is 19.6. The molecule has 1 aliphatic heterocycles. The summed E-state index contributed by atoms with van der Waals surface area (Å²) in [4.78, 5) is 25.8. The van der Waals surface area contributed by atoms with Crippen molar-refractivity contribution in [3.05, 3.63) is 59.1 Å². The first kappa shape index (κ1) is 19.0. The van der Waals surface area contributed by atoms with Crippen LogP contribution < -0.4 is 15.5 Å². The summed E-state index contributed by atoms with van der Waals surface area (Å²) >= 11 is 5.83. The van der Waals surface area contributed by atoms with E-state index in [1.165, 1.54) is 12.1 Å². The summed E-state index contributed by atoms with van der Waals surface area (Å²) in [7, 11) is 0.